The summed E-state index contributed by atoms with van der Waals surface area (Å²) in [7, 11) is 0. The number of hydrogen-bond acceptors (Lipinski definition) is 6. The van der Waals surface area contributed by atoms with Gasteiger partial charge in [-0.3, -0.25) is 4.79 Å². The van der Waals surface area contributed by atoms with Crippen molar-refractivity contribution in [2.24, 2.45) is 0 Å². The van der Waals surface area contributed by atoms with Gasteiger partial charge in [-0.05, 0) is 31.2 Å². The molecule has 7 nitrogen and oxygen atoms in total. The van der Waals surface area contributed by atoms with Crippen LogP contribution < -0.4 is 9.80 Å². The van der Waals surface area contributed by atoms with Crippen LogP contribution in [0, 0.1) is 18.6 Å². The monoisotopic (exact) mass is 429 g/mol. The zero-order valence-electron chi connectivity index (χ0n) is 17.4. The van der Waals surface area contributed by atoms with Gasteiger partial charge in [0.1, 0.15) is 17.5 Å². The predicted octanol–water partition coefficient (Wildman–Crippen LogP) is 2.26. The second-order valence-electron chi connectivity index (χ2n) is 7.58. The Bertz CT molecular complexity index is 970. The predicted molar refractivity (Wildman–Crippen MR) is 114 cm³/mol. The minimum atomic E-state index is -0.567. The number of carbonyl (C=O) groups is 1. The second kappa shape index (κ2) is 9.38. The highest BCUT2D eigenvalue weighted by atomic mass is 19.1. The number of benzene rings is 1. The number of hydrogen-bond donors (Lipinski definition) is 0. The Hall–Kier alpha value is -3.07. The lowest BCUT2D eigenvalue weighted by Gasteiger charge is -2.35. The van der Waals surface area contributed by atoms with Crippen LogP contribution in [0.4, 0.5) is 20.5 Å². The van der Waals surface area contributed by atoms with Crippen LogP contribution in [-0.2, 0) is 9.53 Å². The number of anilines is 2. The number of nitrogens with zero attached hydrogens (tertiary/aromatic N) is 5. The van der Waals surface area contributed by atoms with Crippen molar-refractivity contribution in [2.45, 2.75) is 6.92 Å². The van der Waals surface area contributed by atoms with Gasteiger partial charge in [0.05, 0.1) is 13.2 Å². The number of rotatable bonds is 4. The molecule has 0 aliphatic carbocycles. The fourth-order valence-electron chi connectivity index (χ4n) is 3.67. The Morgan fingerprint density at radius 2 is 1.74 bits per heavy atom. The van der Waals surface area contributed by atoms with Gasteiger partial charge in [0.2, 0.25) is 11.9 Å². The van der Waals surface area contributed by atoms with E-state index < -0.39 is 11.6 Å². The van der Waals surface area contributed by atoms with E-state index >= 15 is 0 Å². The number of aromatic nitrogens is 2. The summed E-state index contributed by atoms with van der Waals surface area (Å²) >= 11 is 0. The van der Waals surface area contributed by atoms with Gasteiger partial charge in [0, 0.05) is 62.7 Å². The van der Waals surface area contributed by atoms with Crippen LogP contribution in [0.25, 0.3) is 6.08 Å². The van der Waals surface area contributed by atoms with E-state index in [1.54, 1.807) is 4.90 Å². The SMILES string of the molecule is Cc1cc(N2CCOCC2)nc(N2CCN(C(=O)/C=C/c3cc(F)ccc3F)CC2)n1. The van der Waals surface area contributed by atoms with Gasteiger partial charge >= 0.3 is 0 Å². The summed E-state index contributed by atoms with van der Waals surface area (Å²) < 4.78 is 32.4. The molecule has 31 heavy (non-hydrogen) atoms. The van der Waals surface area contributed by atoms with Crippen molar-refractivity contribution < 1.29 is 18.3 Å². The smallest absolute Gasteiger partial charge is 0.246 e. The van der Waals surface area contributed by atoms with E-state index in [2.05, 4.69) is 14.8 Å². The van der Waals surface area contributed by atoms with E-state index in [9.17, 15) is 13.6 Å². The molecule has 0 bridgehead atoms. The van der Waals surface area contributed by atoms with Gasteiger partial charge < -0.3 is 19.4 Å². The van der Waals surface area contributed by atoms with Crippen LogP contribution in [0.3, 0.4) is 0 Å². The third-order valence-electron chi connectivity index (χ3n) is 5.40. The first kappa shape index (κ1) is 21.2. The number of amides is 1. The maximum atomic E-state index is 13.7. The van der Waals surface area contributed by atoms with E-state index in [1.807, 2.05) is 13.0 Å². The largest absolute Gasteiger partial charge is 0.378 e. The number of ether oxygens (including phenoxy) is 1. The molecular weight excluding hydrogens is 404 g/mol. The number of morpholine rings is 1. The lowest BCUT2D eigenvalue weighted by atomic mass is 10.2. The summed E-state index contributed by atoms with van der Waals surface area (Å²) in [5.74, 6) is 0.206. The minimum absolute atomic E-state index is 0.0517. The van der Waals surface area contributed by atoms with E-state index in [4.69, 9.17) is 9.72 Å². The Kier molecular flexibility index (Phi) is 6.41. The second-order valence-corrected chi connectivity index (χ2v) is 7.58. The minimum Gasteiger partial charge on any atom is -0.378 e. The molecule has 0 N–H and O–H groups in total. The Morgan fingerprint density at radius 3 is 2.48 bits per heavy atom. The maximum Gasteiger partial charge on any atom is 0.246 e. The topological polar surface area (TPSA) is 61.8 Å². The summed E-state index contributed by atoms with van der Waals surface area (Å²) in [4.78, 5) is 27.7. The van der Waals surface area contributed by atoms with Gasteiger partial charge in [-0.1, -0.05) is 0 Å². The molecule has 1 amide bonds. The fourth-order valence-corrected chi connectivity index (χ4v) is 3.67. The van der Waals surface area contributed by atoms with Gasteiger partial charge in [0.25, 0.3) is 0 Å². The maximum absolute atomic E-state index is 13.7. The van der Waals surface area contributed by atoms with Crippen LogP contribution >= 0.6 is 0 Å². The zero-order chi connectivity index (χ0) is 21.8. The normalized spacial score (nSPS) is 17.5. The quantitative estimate of drug-likeness (QED) is 0.695. The third kappa shape index (κ3) is 5.16. The molecule has 1 aromatic heterocycles. The summed E-state index contributed by atoms with van der Waals surface area (Å²) in [6.45, 7) is 7.12. The molecule has 0 spiro atoms. The number of halogens is 2. The molecule has 2 saturated heterocycles. The van der Waals surface area contributed by atoms with Crippen molar-refractivity contribution in [3.63, 3.8) is 0 Å². The summed E-state index contributed by atoms with van der Waals surface area (Å²) in [5.41, 5.74) is 0.945. The molecule has 9 heteroatoms. The molecular formula is C22H25F2N5O2. The van der Waals surface area contributed by atoms with Gasteiger partial charge in [-0.25, -0.2) is 13.8 Å². The first-order chi connectivity index (χ1) is 15.0. The standard InChI is InChI=1S/C22H25F2N5O2/c1-16-14-20(27-10-12-31-13-11-27)26-22(25-16)29-8-6-28(7-9-29)21(30)5-2-17-15-18(23)3-4-19(17)24/h2-5,14-15H,6-13H2,1H3/b5-2+. The molecule has 3 heterocycles. The first-order valence-corrected chi connectivity index (χ1v) is 10.3. The molecule has 0 atom stereocenters. The summed E-state index contributed by atoms with van der Waals surface area (Å²) in [6, 6.07) is 5.14. The molecule has 0 radical (unpaired) electrons. The van der Waals surface area contributed by atoms with E-state index in [-0.39, 0.29) is 11.5 Å². The van der Waals surface area contributed by atoms with Crippen LogP contribution in [0.15, 0.2) is 30.3 Å². The molecule has 2 aromatic rings. The molecule has 0 saturated carbocycles. The highest BCUT2D eigenvalue weighted by Gasteiger charge is 2.23. The van der Waals surface area contributed by atoms with Gasteiger partial charge in [-0.15, -0.1) is 0 Å². The van der Waals surface area contributed by atoms with Crippen molar-refractivity contribution in [1.29, 1.82) is 0 Å². The molecule has 2 aliphatic heterocycles. The van der Waals surface area contributed by atoms with Crippen LogP contribution in [0.1, 0.15) is 11.3 Å². The Morgan fingerprint density at radius 1 is 1.00 bits per heavy atom. The molecule has 0 unspecified atom stereocenters. The number of aryl methyl sites for hydroxylation is 1. The molecule has 164 valence electrons. The summed E-state index contributed by atoms with van der Waals surface area (Å²) in [6.07, 6.45) is 2.60. The first-order valence-electron chi connectivity index (χ1n) is 10.3. The average Bonchev–Trinajstić information content (AvgIpc) is 2.80. The number of carbonyl (C=O) groups excluding carboxylic acids is 1. The lowest BCUT2D eigenvalue weighted by Crippen LogP contribution is -2.49. The molecule has 2 aliphatic rings. The van der Waals surface area contributed by atoms with Crippen LogP contribution in [0.2, 0.25) is 0 Å². The van der Waals surface area contributed by atoms with Crippen molar-refractivity contribution >= 4 is 23.7 Å². The van der Waals surface area contributed by atoms with E-state index in [0.29, 0.717) is 45.3 Å². The molecule has 4 rings (SSSR count). The Balaban J connectivity index is 1.38. The zero-order valence-corrected chi connectivity index (χ0v) is 17.4. The van der Waals surface area contributed by atoms with Crippen molar-refractivity contribution in [1.82, 2.24) is 14.9 Å². The van der Waals surface area contributed by atoms with Crippen molar-refractivity contribution in [3.8, 4) is 0 Å². The fraction of sp³-hybridized carbons (Fsp3) is 0.409. The van der Waals surface area contributed by atoms with E-state index in [1.165, 1.54) is 12.2 Å². The van der Waals surface area contributed by atoms with Crippen molar-refractivity contribution in [3.05, 3.63) is 53.2 Å². The lowest BCUT2D eigenvalue weighted by molar-refractivity contribution is -0.126. The van der Waals surface area contributed by atoms with Crippen LogP contribution in [-0.4, -0.2) is 73.3 Å². The third-order valence-corrected chi connectivity index (χ3v) is 5.40. The molecule has 2 fully saturated rings. The van der Waals surface area contributed by atoms with E-state index in [0.717, 1.165) is 42.8 Å². The van der Waals surface area contributed by atoms with Crippen molar-refractivity contribution in [2.75, 3.05) is 62.3 Å². The number of piperazine rings is 1. The van der Waals surface area contributed by atoms with Gasteiger partial charge in [-0.2, -0.15) is 4.98 Å². The highest BCUT2D eigenvalue weighted by Crippen LogP contribution is 2.20. The van der Waals surface area contributed by atoms with Crippen LogP contribution in [0.5, 0.6) is 0 Å². The summed E-state index contributed by atoms with van der Waals surface area (Å²) in [5, 5.41) is 0. The van der Waals surface area contributed by atoms with Gasteiger partial charge in [0.15, 0.2) is 0 Å². The Labute approximate surface area is 179 Å². The average molecular weight is 429 g/mol. The molecule has 1 aromatic carbocycles. The highest BCUT2D eigenvalue weighted by molar-refractivity contribution is 5.92.